The van der Waals surface area contributed by atoms with Crippen molar-refractivity contribution in [3.63, 3.8) is 0 Å². The highest BCUT2D eigenvalue weighted by Crippen LogP contribution is 2.18. The van der Waals surface area contributed by atoms with Gasteiger partial charge in [0.1, 0.15) is 5.75 Å². The molecule has 0 aliphatic rings. The lowest BCUT2D eigenvalue weighted by molar-refractivity contribution is -0.142. The molecule has 1 aromatic carbocycles. The first-order valence-electron chi connectivity index (χ1n) is 7.85. The van der Waals surface area contributed by atoms with E-state index in [0.717, 1.165) is 10.2 Å². The van der Waals surface area contributed by atoms with Crippen LogP contribution in [0.2, 0.25) is 0 Å². The van der Waals surface area contributed by atoms with Crippen molar-refractivity contribution >= 4 is 44.3 Å². The van der Waals surface area contributed by atoms with Crippen LogP contribution in [0.3, 0.4) is 0 Å². The molecule has 6 nitrogen and oxygen atoms in total. The smallest absolute Gasteiger partial charge is 0.311 e. The topological polar surface area (TPSA) is 77.5 Å². The van der Waals surface area contributed by atoms with E-state index in [1.807, 2.05) is 24.3 Å². The molecule has 0 spiro atoms. The van der Waals surface area contributed by atoms with Crippen molar-refractivity contribution in [3.05, 3.63) is 39.8 Å². The molecule has 1 aromatic heterocycles. The average molecular weight is 427 g/mol. The number of anilines is 1. The van der Waals surface area contributed by atoms with Gasteiger partial charge in [0.25, 0.3) is 0 Å². The summed E-state index contributed by atoms with van der Waals surface area (Å²) in [4.78, 5) is 27.5. The van der Waals surface area contributed by atoms with Crippen molar-refractivity contribution in [3.8, 4) is 5.75 Å². The minimum absolute atomic E-state index is 0.112. The molecule has 1 amide bonds. The molecule has 0 unspecified atom stereocenters. The molecule has 0 aliphatic carbocycles. The Bertz CT molecular complexity index is 720. The molecule has 134 valence electrons. The van der Waals surface area contributed by atoms with Crippen molar-refractivity contribution in [2.75, 3.05) is 18.5 Å². The molecule has 0 saturated heterocycles. The molecule has 1 heterocycles. The fraction of sp³-hybridized carbons (Fsp3) is 0.353. The Labute approximate surface area is 158 Å². The van der Waals surface area contributed by atoms with E-state index in [1.165, 1.54) is 11.3 Å². The van der Waals surface area contributed by atoms with Crippen molar-refractivity contribution in [2.45, 2.75) is 26.2 Å². The average Bonchev–Trinajstić information content (AvgIpc) is 2.98. The number of halogens is 1. The number of nitrogens with one attached hydrogen (secondary N) is 1. The van der Waals surface area contributed by atoms with Crippen LogP contribution in [0.25, 0.3) is 0 Å². The third-order valence-corrected chi connectivity index (χ3v) is 4.34. The van der Waals surface area contributed by atoms with E-state index >= 15 is 0 Å². The summed E-state index contributed by atoms with van der Waals surface area (Å²) in [6, 6.07) is 7.55. The standard InChI is InChI=1S/C17H19BrN2O4S/c1-2-23-16(22)10-13-11-25-17(19-13)20-15(21)7-4-8-24-14-6-3-5-12(18)9-14/h3,5-6,9,11H,2,4,7-8,10H2,1H3,(H,19,20,21). The summed E-state index contributed by atoms with van der Waals surface area (Å²) in [5.41, 5.74) is 0.594. The molecular weight excluding hydrogens is 408 g/mol. The van der Waals surface area contributed by atoms with Gasteiger partial charge < -0.3 is 14.8 Å². The number of aromatic nitrogens is 1. The van der Waals surface area contributed by atoms with Gasteiger partial charge in [-0.15, -0.1) is 11.3 Å². The number of carbonyl (C=O) groups is 2. The molecule has 0 atom stereocenters. The van der Waals surface area contributed by atoms with Gasteiger partial charge in [0, 0.05) is 16.3 Å². The Kier molecular flexibility index (Phi) is 7.87. The first kappa shape index (κ1) is 19.4. The Morgan fingerprint density at radius 1 is 1.36 bits per heavy atom. The fourth-order valence-electron chi connectivity index (χ4n) is 1.97. The van der Waals surface area contributed by atoms with E-state index in [-0.39, 0.29) is 18.3 Å². The Balaban J connectivity index is 1.68. The highest BCUT2D eigenvalue weighted by Gasteiger charge is 2.10. The molecule has 2 rings (SSSR count). The third kappa shape index (κ3) is 7.23. The summed E-state index contributed by atoms with van der Waals surface area (Å²) >= 11 is 4.67. The number of thiazole rings is 1. The van der Waals surface area contributed by atoms with E-state index in [2.05, 4.69) is 26.2 Å². The normalized spacial score (nSPS) is 10.3. The highest BCUT2D eigenvalue weighted by atomic mass is 79.9. The molecule has 1 N–H and O–H groups in total. The summed E-state index contributed by atoms with van der Waals surface area (Å²) in [5.74, 6) is 0.309. The number of rotatable bonds is 9. The maximum absolute atomic E-state index is 11.9. The highest BCUT2D eigenvalue weighted by molar-refractivity contribution is 9.10. The van der Waals surface area contributed by atoms with Gasteiger partial charge >= 0.3 is 5.97 Å². The SMILES string of the molecule is CCOC(=O)Cc1csc(NC(=O)CCCOc2cccc(Br)c2)n1. The zero-order valence-corrected chi connectivity index (χ0v) is 16.2. The summed E-state index contributed by atoms with van der Waals surface area (Å²) < 4.78 is 11.4. The van der Waals surface area contributed by atoms with Gasteiger partial charge in [0.05, 0.1) is 25.3 Å². The van der Waals surface area contributed by atoms with E-state index in [0.29, 0.717) is 36.9 Å². The van der Waals surface area contributed by atoms with E-state index in [9.17, 15) is 9.59 Å². The Morgan fingerprint density at radius 3 is 2.96 bits per heavy atom. The second-order valence-electron chi connectivity index (χ2n) is 5.08. The summed E-state index contributed by atoms with van der Waals surface area (Å²) in [6.45, 7) is 2.55. The maximum atomic E-state index is 11.9. The quantitative estimate of drug-likeness (QED) is 0.487. The van der Waals surface area contributed by atoms with E-state index in [1.54, 1.807) is 12.3 Å². The predicted octanol–water partition coefficient (Wildman–Crippen LogP) is 3.81. The first-order chi connectivity index (χ1) is 12.1. The molecule has 0 radical (unpaired) electrons. The third-order valence-electron chi connectivity index (χ3n) is 3.04. The van der Waals surface area contributed by atoms with Gasteiger partial charge in [0.15, 0.2) is 5.13 Å². The Morgan fingerprint density at radius 2 is 2.20 bits per heavy atom. The molecule has 0 saturated carbocycles. The van der Waals surface area contributed by atoms with Crippen LogP contribution >= 0.6 is 27.3 Å². The maximum Gasteiger partial charge on any atom is 0.311 e. The van der Waals surface area contributed by atoms with Crippen molar-refractivity contribution in [1.29, 1.82) is 0 Å². The number of ether oxygens (including phenoxy) is 2. The molecule has 8 heteroatoms. The van der Waals surface area contributed by atoms with Crippen LogP contribution in [0.15, 0.2) is 34.1 Å². The van der Waals surface area contributed by atoms with Gasteiger partial charge in [-0.1, -0.05) is 22.0 Å². The molecule has 25 heavy (non-hydrogen) atoms. The van der Waals surface area contributed by atoms with Crippen LogP contribution in [-0.4, -0.2) is 30.1 Å². The number of carbonyl (C=O) groups excluding carboxylic acids is 2. The van der Waals surface area contributed by atoms with Crippen LogP contribution in [-0.2, 0) is 20.7 Å². The minimum Gasteiger partial charge on any atom is -0.494 e. The lowest BCUT2D eigenvalue weighted by Gasteiger charge is -2.06. The lowest BCUT2D eigenvalue weighted by Crippen LogP contribution is -2.13. The summed E-state index contributed by atoms with van der Waals surface area (Å²) in [7, 11) is 0. The molecule has 2 aromatic rings. The summed E-state index contributed by atoms with van der Waals surface area (Å²) in [5, 5.41) is 4.95. The second-order valence-corrected chi connectivity index (χ2v) is 6.86. The number of esters is 1. The molecular formula is C17H19BrN2O4S. The van der Waals surface area contributed by atoms with Gasteiger partial charge in [-0.05, 0) is 31.5 Å². The van der Waals surface area contributed by atoms with Crippen molar-refractivity contribution in [1.82, 2.24) is 4.98 Å². The number of hydrogen-bond donors (Lipinski definition) is 1. The van der Waals surface area contributed by atoms with Gasteiger partial charge in [-0.25, -0.2) is 4.98 Å². The van der Waals surface area contributed by atoms with Gasteiger partial charge in [0.2, 0.25) is 5.91 Å². The molecule has 0 bridgehead atoms. The van der Waals surface area contributed by atoms with Gasteiger partial charge in [-0.2, -0.15) is 0 Å². The van der Waals surface area contributed by atoms with Crippen LogP contribution in [0, 0.1) is 0 Å². The monoisotopic (exact) mass is 426 g/mol. The lowest BCUT2D eigenvalue weighted by atomic mass is 10.3. The second kappa shape index (κ2) is 10.1. The number of amides is 1. The minimum atomic E-state index is -0.324. The number of hydrogen-bond acceptors (Lipinski definition) is 6. The van der Waals surface area contributed by atoms with Crippen molar-refractivity contribution < 1.29 is 19.1 Å². The number of nitrogens with zero attached hydrogens (tertiary/aromatic N) is 1. The van der Waals surface area contributed by atoms with E-state index in [4.69, 9.17) is 9.47 Å². The van der Waals surface area contributed by atoms with Crippen LogP contribution in [0.4, 0.5) is 5.13 Å². The predicted molar refractivity (Wildman–Crippen MR) is 100.0 cm³/mol. The van der Waals surface area contributed by atoms with Gasteiger partial charge in [-0.3, -0.25) is 9.59 Å². The molecule has 0 aliphatic heterocycles. The number of benzene rings is 1. The van der Waals surface area contributed by atoms with Crippen LogP contribution in [0.5, 0.6) is 5.75 Å². The van der Waals surface area contributed by atoms with Crippen LogP contribution < -0.4 is 10.1 Å². The summed E-state index contributed by atoms with van der Waals surface area (Å²) in [6.07, 6.45) is 1.04. The zero-order chi connectivity index (χ0) is 18.1. The molecule has 0 fully saturated rings. The fourth-order valence-corrected chi connectivity index (χ4v) is 3.07. The largest absolute Gasteiger partial charge is 0.494 e. The van der Waals surface area contributed by atoms with Crippen LogP contribution in [0.1, 0.15) is 25.5 Å². The first-order valence-corrected chi connectivity index (χ1v) is 9.52. The van der Waals surface area contributed by atoms with E-state index < -0.39 is 0 Å². The zero-order valence-electron chi connectivity index (χ0n) is 13.8. The van der Waals surface area contributed by atoms with Crippen molar-refractivity contribution in [2.24, 2.45) is 0 Å². The Hall–Kier alpha value is -1.93.